The number of ether oxygens (including phenoxy) is 1. The molecule has 0 saturated carbocycles. The summed E-state index contributed by atoms with van der Waals surface area (Å²) >= 11 is 1.44. The Bertz CT molecular complexity index is 1180. The lowest BCUT2D eigenvalue weighted by atomic mass is 10.2. The van der Waals surface area contributed by atoms with E-state index in [9.17, 15) is 4.79 Å². The minimum absolute atomic E-state index is 0.129. The molecule has 28 heavy (non-hydrogen) atoms. The number of rotatable bonds is 3. The molecule has 1 aliphatic heterocycles. The number of anilines is 2. The Balaban J connectivity index is 1.59. The van der Waals surface area contributed by atoms with Crippen LogP contribution in [0.2, 0.25) is 0 Å². The molecule has 4 aromatic rings. The highest BCUT2D eigenvalue weighted by Gasteiger charge is 2.18. The van der Waals surface area contributed by atoms with Crippen molar-refractivity contribution in [3.8, 4) is 11.4 Å². The Kier molecular flexibility index (Phi) is 4.18. The molecule has 0 bridgehead atoms. The molecule has 1 fully saturated rings. The molecule has 142 valence electrons. The number of carbonyl (C=O) groups excluding carboxylic acids is 1. The molecule has 8 nitrogen and oxygen atoms in total. The third-order valence-corrected chi connectivity index (χ3v) is 5.55. The lowest BCUT2D eigenvalue weighted by Crippen LogP contribution is -2.37. The van der Waals surface area contributed by atoms with E-state index in [1.54, 1.807) is 0 Å². The second-order valence-corrected chi connectivity index (χ2v) is 7.61. The van der Waals surface area contributed by atoms with E-state index >= 15 is 0 Å². The third-order valence-electron chi connectivity index (χ3n) is 4.61. The maximum Gasteiger partial charge on any atom is 0.223 e. The van der Waals surface area contributed by atoms with Crippen LogP contribution in [0.1, 0.15) is 6.92 Å². The van der Waals surface area contributed by atoms with Crippen LogP contribution in [0.15, 0.2) is 36.5 Å². The Labute approximate surface area is 164 Å². The number of hydrogen-bond acceptors (Lipinski definition) is 7. The second-order valence-electron chi connectivity index (χ2n) is 6.58. The lowest BCUT2D eigenvalue weighted by Gasteiger charge is -2.28. The summed E-state index contributed by atoms with van der Waals surface area (Å²) in [5, 5.41) is 8.02. The summed E-state index contributed by atoms with van der Waals surface area (Å²) in [7, 11) is 0. The van der Waals surface area contributed by atoms with Gasteiger partial charge in [-0.1, -0.05) is 11.3 Å². The predicted octanol–water partition coefficient (Wildman–Crippen LogP) is 2.80. The van der Waals surface area contributed by atoms with Gasteiger partial charge in [-0.3, -0.25) is 4.79 Å². The second kappa shape index (κ2) is 6.84. The van der Waals surface area contributed by atoms with Gasteiger partial charge in [0.05, 0.1) is 23.4 Å². The predicted molar refractivity (Wildman–Crippen MR) is 109 cm³/mol. The van der Waals surface area contributed by atoms with Crippen LogP contribution in [0.25, 0.3) is 27.1 Å². The fourth-order valence-electron chi connectivity index (χ4n) is 3.32. The maximum absolute atomic E-state index is 11.3. The number of carbonyl (C=O) groups is 1. The van der Waals surface area contributed by atoms with E-state index in [-0.39, 0.29) is 5.91 Å². The summed E-state index contributed by atoms with van der Waals surface area (Å²) in [5.41, 5.74) is 2.74. The van der Waals surface area contributed by atoms with Crippen LogP contribution in [0.3, 0.4) is 0 Å². The van der Waals surface area contributed by atoms with E-state index in [0.29, 0.717) is 24.2 Å². The highest BCUT2D eigenvalue weighted by molar-refractivity contribution is 7.22. The first kappa shape index (κ1) is 17.1. The van der Waals surface area contributed by atoms with Crippen LogP contribution >= 0.6 is 11.3 Å². The molecule has 9 heteroatoms. The van der Waals surface area contributed by atoms with Crippen molar-refractivity contribution in [2.45, 2.75) is 6.92 Å². The monoisotopic (exact) mass is 394 g/mol. The van der Waals surface area contributed by atoms with E-state index in [1.165, 1.54) is 18.3 Å². The number of amides is 1. The molecule has 1 aliphatic rings. The number of fused-ring (bicyclic) bond motifs is 2. The molecule has 0 radical (unpaired) electrons. The summed E-state index contributed by atoms with van der Waals surface area (Å²) in [4.78, 5) is 22.8. The Morgan fingerprint density at radius 3 is 2.89 bits per heavy atom. The quantitative estimate of drug-likeness (QED) is 0.575. The van der Waals surface area contributed by atoms with Crippen LogP contribution in [-0.2, 0) is 9.53 Å². The summed E-state index contributed by atoms with van der Waals surface area (Å²) in [5.74, 6) is 1.44. The summed E-state index contributed by atoms with van der Waals surface area (Å²) in [6.07, 6.45) is 1.94. The van der Waals surface area contributed by atoms with Gasteiger partial charge in [0.25, 0.3) is 0 Å². The van der Waals surface area contributed by atoms with Crippen molar-refractivity contribution in [2.75, 3.05) is 36.5 Å². The first-order valence-electron chi connectivity index (χ1n) is 9.04. The number of nitrogens with one attached hydrogen (secondary N) is 1. The van der Waals surface area contributed by atoms with Crippen molar-refractivity contribution in [1.29, 1.82) is 0 Å². The van der Waals surface area contributed by atoms with E-state index in [2.05, 4.69) is 20.3 Å². The van der Waals surface area contributed by atoms with Crippen molar-refractivity contribution in [3.63, 3.8) is 0 Å². The molecule has 1 amide bonds. The van der Waals surface area contributed by atoms with Gasteiger partial charge < -0.3 is 15.0 Å². The first-order chi connectivity index (χ1) is 13.7. The summed E-state index contributed by atoms with van der Waals surface area (Å²) in [6.45, 7) is 4.50. The number of benzene rings is 1. The van der Waals surface area contributed by atoms with Gasteiger partial charge in [-0.2, -0.15) is 0 Å². The van der Waals surface area contributed by atoms with Crippen LogP contribution in [0, 0.1) is 0 Å². The SMILES string of the molecule is CC(=O)Nc1nc2ccc(-c3nc(N4CCOCC4)c4cccn4n3)cc2s1. The van der Waals surface area contributed by atoms with Crippen molar-refractivity contribution >= 4 is 43.9 Å². The van der Waals surface area contributed by atoms with E-state index < -0.39 is 0 Å². The standard InChI is InChI=1S/C19H18N6O2S/c1-12(26)20-19-21-14-5-4-13(11-16(14)28-19)17-22-18(24-7-9-27-10-8-24)15-3-2-6-25(15)23-17/h2-6,11H,7-10H2,1H3,(H,20,21,26). The van der Waals surface area contributed by atoms with Crippen LogP contribution in [-0.4, -0.2) is 51.8 Å². The number of thiazole rings is 1. The molecule has 1 aromatic carbocycles. The molecule has 1 N–H and O–H groups in total. The molecule has 1 saturated heterocycles. The molecule has 0 aliphatic carbocycles. The Morgan fingerprint density at radius 1 is 1.21 bits per heavy atom. The fraction of sp³-hybridized carbons (Fsp3) is 0.263. The number of hydrogen-bond donors (Lipinski definition) is 1. The zero-order valence-electron chi connectivity index (χ0n) is 15.3. The van der Waals surface area contributed by atoms with Crippen LogP contribution < -0.4 is 10.2 Å². The van der Waals surface area contributed by atoms with Crippen LogP contribution in [0.5, 0.6) is 0 Å². The first-order valence-corrected chi connectivity index (χ1v) is 9.86. The van der Waals surface area contributed by atoms with Crippen molar-refractivity contribution in [1.82, 2.24) is 19.6 Å². The molecule has 0 unspecified atom stereocenters. The molecule has 0 spiro atoms. The highest BCUT2D eigenvalue weighted by Crippen LogP contribution is 2.31. The Hall–Kier alpha value is -3.04. The van der Waals surface area contributed by atoms with E-state index in [1.807, 2.05) is 41.0 Å². The average molecular weight is 394 g/mol. The average Bonchev–Trinajstić information content (AvgIpc) is 3.32. The maximum atomic E-state index is 11.3. The number of morpholine rings is 1. The molecule has 3 aromatic heterocycles. The minimum Gasteiger partial charge on any atom is -0.378 e. The topological polar surface area (TPSA) is 84.7 Å². The molecule has 4 heterocycles. The molecule has 5 rings (SSSR count). The van der Waals surface area contributed by atoms with Gasteiger partial charge in [0.2, 0.25) is 5.91 Å². The van der Waals surface area contributed by atoms with Gasteiger partial charge in [0, 0.05) is 31.8 Å². The molecule has 0 atom stereocenters. The number of nitrogens with zero attached hydrogens (tertiary/aromatic N) is 5. The third kappa shape index (κ3) is 3.08. The summed E-state index contributed by atoms with van der Waals surface area (Å²) in [6, 6.07) is 9.92. The Morgan fingerprint density at radius 2 is 2.07 bits per heavy atom. The van der Waals surface area contributed by atoms with Crippen molar-refractivity contribution < 1.29 is 9.53 Å². The minimum atomic E-state index is -0.129. The van der Waals surface area contributed by atoms with Crippen molar-refractivity contribution in [2.24, 2.45) is 0 Å². The molecular weight excluding hydrogens is 376 g/mol. The normalized spacial score (nSPS) is 14.7. The zero-order valence-corrected chi connectivity index (χ0v) is 16.1. The van der Waals surface area contributed by atoms with Gasteiger partial charge in [0.15, 0.2) is 16.8 Å². The summed E-state index contributed by atoms with van der Waals surface area (Å²) < 4.78 is 8.33. The van der Waals surface area contributed by atoms with Gasteiger partial charge in [-0.05, 0) is 30.3 Å². The van der Waals surface area contributed by atoms with Gasteiger partial charge >= 0.3 is 0 Å². The van der Waals surface area contributed by atoms with Gasteiger partial charge in [-0.25, -0.2) is 14.5 Å². The van der Waals surface area contributed by atoms with Gasteiger partial charge in [0.1, 0.15) is 5.52 Å². The van der Waals surface area contributed by atoms with E-state index in [4.69, 9.17) is 9.72 Å². The van der Waals surface area contributed by atoms with Crippen molar-refractivity contribution in [3.05, 3.63) is 36.5 Å². The smallest absolute Gasteiger partial charge is 0.223 e. The number of aromatic nitrogens is 4. The zero-order chi connectivity index (χ0) is 19.1. The van der Waals surface area contributed by atoms with Crippen LogP contribution in [0.4, 0.5) is 10.9 Å². The van der Waals surface area contributed by atoms with Gasteiger partial charge in [-0.15, -0.1) is 5.10 Å². The fourth-order valence-corrected chi connectivity index (χ4v) is 4.27. The largest absolute Gasteiger partial charge is 0.378 e. The van der Waals surface area contributed by atoms with E-state index in [0.717, 1.165) is 40.2 Å². The molecular formula is C19H18N6O2S. The highest BCUT2D eigenvalue weighted by atomic mass is 32.1. The lowest BCUT2D eigenvalue weighted by molar-refractivity contribution is -0.114.